The number of hydrogen-bond acceptors (Lipinski definition) is 5. The van der Waals surface area contributed by atoms with Crippen molar-refractivity contribution in [3.05, 3.63) is 82.1 Å². The van der Waals surface area contributed by atoms with Gasteiger partial charge in [-0.25, -0.2) is 4.79 Å². The highest BCUT2D eigenvalue weighted by Crippen LogP contribution is 2.33. The third kappa shape index (κ3) is 3.57. The molecule has 6 heteroatoms. The molecule has 6 nitrogen and oxygen atoms in total. The minimum absolute atomic E-state index is 0.102. The van der Waals surface area contributed by atoms with Crippen LogP contribution in [0.5, 0.6) is 0 Å². The molecule has 1 aromatic heterocycles. The van der Waals surface area contributed by atoms with Crippen LogP contribution in [0.1, 0.15) is 29.8 Å². The smallest absolute Gasteiger partial charge is 0.340 e. The standard InChI is InChI=1S/C22H20N2O4/c1-3-28-22(26)19-18(15-10-6-4-7-11-15)17(14(2)24-27)21(25)23-20(19)16-12-8-5-9-13-16/h4-13,27H,3H2,1-2H3,(H,23,25)/b24-14+. The first-order valence-corrected chi connectivity index (χ1v) is 8.85. The Balaban J connectivity index is 2.49. The predicted molar refractivity (Wildman–Crippen MR) is 108 cm³/mol. The summed E-state index contributed by atoms with van der Waals surface area (Å²) in [4.78, 5) is 28.7. The van der Waals surface area contributed by atoms with Gasteiger partial charge in [-0.15, -0.1) is 0 Å². The van der Waals surface area contributed by atoms with E-state index in [1.807, 2.05) is 36.4 Å². The lowest BCUT2D eigenvalue weighted by molar-refractivity contribution is 0.0527. The molecule has 142 valence electrons. The number of oxime groups is 1. The zero-order chi connectivity index (χ0) is 20.1. The Morgan fingerprint density at radius 2 is 1.57 bits per heavy atom. The molecule has 2 aromatic carbocycles. The number of H-pyrrole nitrogens is 1. The number of nitrogens with one attached hydrogen (secondary N) is 1. The summed E-state index contributed by atoms with van der Waals surface area (Å²) in [6.07, 6.45) is 0. The number of aromatic amines is 1. The van der Waals surface area contributed by atoms with Crippen LogP contribution in [0.3, 0.4) is 0 Å². The Morgan fingerprint density at radius 1 is 1.00 bits per heavy atom. The largest absolute Gasteiger partial charge is 0.462 e. The van der Waals surface area contributed by atoms with E-state index in [1.54, 1.807) is 31.2 Å². The molecule has 28 heavy (non-hydrogen) atoms. The van der Waals surface area contributed by atoms with Crippen LogP contribution in [0.25, 0.3) is 22.4 Å². The fourth-order valence-corrected chi connectivity index (χ4v) is 3.12. The van der Waals surface area contributed by atoms with E-state index in [9.17, 15) is 14.8 Å². The Hall–Kier alpha value is -3.67. The molecule has 0 unspecified atom stereocenters. The second kappa shape index (κ2) is 8.35. The van der Waals surface area contributed by atoms with Gasteiger partial charge >= 0.3 is 5.97 Å². The SMILES string of the molecule is CCOC(=O)c1c(-c2ccccc2)[nH]c(=O)c(/C(C)=N/O)c1-c1ccccc1. The summed E-state index contributed by atoms with van der Waals surface area (Å²) in [6, 6.07) is 18.1. The quantitative estimate of drug-likeness (QED) is 0.304. The fraction of sp³-hybridized carbons (Fsp3) is 0.136. The molecule has 3 rings (SSSR count). The molecule has 0 aliphatic heterocycles. The summed E-state index contributed by atoms with van der Waals surface area (Å²) < 4.78 is 5.30. The van der Waals surface area contributed by atoms with Crippen molar-refractivity contribution in [1.29, 1.82) is 0 Å². The topological polar surface area (TPSA) is 91.8 Å². The maximum Gasteiger partial charge on any atom is 0.340 e. The zero-order valence-corrected chi connectivity index (χ0v) is 15.6. The summed E-state index contributed by atoms with van der Waals surface area (Å²) in [7, 11) is 0. The number of hydrogen-bond donors (Lipinski definition) is 2. The van der Waals surface area contributed by atoms with E-state index in [0.717, 1.165) is 0 Å². The number of rotatable bonds is 5. The van der Waals surface area contributed by atoms with E-state index >= 15 is 0 Å². The molecule has 0 aliphatic carbocycles. The second-order valence-electron chi connectivity index (χ2n) is 6.09. The van der Waals surface area contributed by atoms with Gasteiger partial charge in [0.1, 0.15) is 0 Å². The number of ether oxygens (including phenoxy) is 1. The molecule has 1 heterocycles. The van der Waals surface area contributed by atoms with Gasteiger partial charge in [-0.3, -0.25) is 4.79 Å². The third-order valence-corrected chi connectivity index (χ3v) is 4.33. The molecule has 0 fully saturated rings. The lowest BCUT2D eigenvalue weighted by Gasteiger charge is -2.17. The number of carbonyl (C=O) groups is 1. The van der Waals surface area contributed by atoms with Crippen LogP contribution in [-0.4, -0.2) is 28.5 Å². The average Bonchev–Trinajstić information content (AvgIpc) is 2.73. The van der Waals surface area contributed by atoms with Gasteiger partial charge in [0.05, 0.1) is 29.1 Å². The van der Waals surface area contributed by atoms with E-state index in [1.165, 1.54) is 6.92 Å². The highest BCUT2D eigenvalue weighted by Gasteiger charge is 2.27. The predicted octanol–water partition coefficient (Wildman–Crippen LogP) is 4.08. The van der Waals surface area contributed by atoms with Gasteiger partial charge in [0, 0.05) is 5.56 Å². The maximum atomic E-state index is 13.0. The maximum absolute atomic E-state index is 13.0. The molecule has 0 amide bonds. The molecular formula is C22H20N2O4. The summed E-state index contributed by atoms with van der Waals surface area (Å²) in [5.41, 5.74) is 2.03. The van der Waals surface area contributed by atoms with Crippen molar-refractivity contribution in [2.75, 3.05) is 6.61 Å². The van der Waals surface area contributed by atoms with Gasteiger partial charge in [0.2, 0.25) is 0 Å². The summed E-state index contributed by atoms with van der Waals surface area (Å²) in [6.45, 7) is 3.41. The third-order valence-electron chi connectivity index (χ3n) is 4.33. The van der Waals surface area contributed by atoms with Gasteiger partial charge in [-0.2, -0.15) is 0 Å². The highest BCUT2D eigenvalue weighted by molar-refractivity contribution is 6.11. The Bertz CT molecular complexity index is 1070. The Kier molecular flexibility index (Phi) is 5.69. The molecule has 3 aromatic rings. The van der Waals surface area contributed by atoms with Gasteiger partial charge in [-0.05, 0) is 25.0 Å². The van der Waals surface area contributed by atoms with Gasteiger partial charge in [-0.1, -0.05) is 65.8 Å². The number of carbonyl (C=O) groups excluding carboxylic acids is 1. The van der Waals surface area contributed by atoms with Crippen molar-refractivity contribution in [2.24, 2.45) is 5.16 Å². The Labute approximate surface area is 162 Å². The monoisotopic (exact) mass is 376 g/mol. The molecule has 0 aliphatic rings. The summed E-state index contributed by atoms with van der Waals surface area (Å²) in [5, 5.41) is 12.5. The zero-order valence-electron chi connectivity index (χ0n) is 15.6. The van der Waals surface area contributed by atoms with E-state index in [4.69, 9.17) is 4.74 Å². The van der Waals surface area contributed by atoms with Crippen molar-refractivity contribution in [3.8, 4) is 22.4 Å². The van der Waals surface area contributed by atoms with Crippen molar-refractivity contribution >= 4 is 11.7 Å². The van der Waals surface area contributed by atoms with Crippen molar-refractivity contribution in [1.82, 2.24) is 4.98 Å². The van der Waals surface area contributed by atoms with E-state index in [-0.39, 0.29) is 23.4 Å². The van der Waals surface area contributed by atoms with E-state index in [2.05, 4.69) is 10.1 Å². The normalized spacial score (nSPS) is 11.3. The minimum Gasteiger partial charge on any atom is -0.462 e. The lowest BCUT2D eigenvalue weighted by Crippen LogP contribution is -2.24. The first-order chi connectivity index (χ1) is 13.6. The number of nitrogens with zero attached hydrogens (tertiary/aromatic N) is 1. The number of esters is 1. The van der Waals surface area contributed by atoms with Gasteiger partial charge in [0.15, 0.2) is 0 Å². The first-order valence-electron chi connectivity index (χ1n) is 8.85. The first kappa shape index (κ1) is 19.1. The lowest BCUT2D eigenvalue weighted by atomic mass is 9.90. The van der Waals surface area contributed by atoms with Crippen LogP contribution in [0.15, 0.2) is 70.6 Å². The van der Waals surface area contributed by atoms with Gasteiger partial charge in [0.25, 0.3) is 5.56 Å². The summed E-state index contributed by atoms with van der Waals surface area (Å²) >= 11 is 0. The molecule has 0 saturated carbocycles. The molecule has 0 spiro atoms. The second-order valence-corrected chi connectivity index (χ2v) is 6.09. The van der Waals surface area contributed by atoms with Crippen LogP contribution in [0.2, 0.25) is 0 Å². The molecule has 0 radical (unpaired) electrons. The fourth-order valence-electron chi connectivity index (χ4n) is 3.12. The molecule has 0 atom stereocenters. The van der Waals surface area contributed by atoms with Crippen LogP contribution in [0, 0.1) is 0 Å². The Morgan fingerprint density at radius 3 is 2.11 bits per heavy atom. The summed E-state index contributed by atoms with van der Waals surface area (Å²) in [5.74, 6) is -0.566. The molecule has 0 bridgehead atoms. The van der Waals surface area contributed by atoms with Crippen LogP contribution in [-0.2, 0) is 4.74 Å². The van der Waals surface area contributed by atoms with Crippen molar-refractivity contribution in [3.63, 3.8) is 0 Å². The van der Waals surface area contributed by atoms with Gasteiger partial charge < -0.3 is 14.9 Å². The van der Waals surface area contributed by atoms with Crippen LogP contribution in [0.4, 0.5) is 0 Å². The van der Waals surface area contributed by atoms with E-state index < -0.39 is 11.5 Å². The highest BCUT2D eigenvalue weighted by atomic mass is 16.5. The van der Waals surface area contributed by atoms with Crippen molar-refractivity contribution < 1.29 is 14.7 Å². The molecular weight excluding hydrogens is 356 g/mol. The number of benzene rings is 2. The van der Waals surface area contributed by atoms with Crippen LogP contribution < -0.4 is 5.56 Å². The molecule has 2 N–H and O–H groups in total. The van der Waals surface area contributed by atoms with Crippen molar-refractivity contribution in [2.45, 2.75) is 13.8 Å². The molecule has 0 saturated heterocycles. The average molecular weight is 376 g/mol. The number of aromatic nitrogens is 1. The van der Waals surface area contributed by atoms with Crippen LogP contribution >= 0.6 is 0 Å². The number of pyridine rings is 1. The van der Waals surface area contributed by atoms with E-state index in [0.29, 0.717) is 22.4 Å². The minimum atomic E-state index is -0.566.